The molecule has 152 valence electrons. The summed E-state index contributed by atoms with van der Waals surface area (Å²) in [5, 5.41) is 18.6. The predicted octanol–water partition coefficient (Wildman–Crippen LogP) is 7.13. The van der Waals surface area contributed by atoms with E-state index in [0.29, 0.717) is 24.5 Å². The van der Waals surface area contributed by atoms with Crippen molar-refractivity contribution < 1.29 is 18.7 Å². The van der Waals surface area contributed by atoms with E-state index in [-0.39, 0.29) is 11.9 Å². The van der Waals surface area contributed by atoms with Crippen LogP contribution in [0.5, 0.6) is 5.75 Å². The molecule has 0 aliphatic rings. The quantitative estimate of drug-likeness (QED) is 0.232. The van der Waals surface area contributed by atoms with Gasteiger partial charge >= 0.3 is 7.60 Å². The lowest BCUT2D eigenvalue weighted by molar-refractivity contribution is 0.198. The van der Waals surface area contributed by atoms with Gasteiger partial charge in [0.05, 0.1) is 30.8 Å². The van der Waals surface area contributed by atoms with Crippen LogP contribution in [0.25, 0.3) is 0 Å². The van der Waals surface area contributed by atoms with E-state index in [0.717, 1.165) is 31.4 Å². The molecule has 0 spiro atoms. The summed E-state index contributed by atoms with van der Waals surface area (Å²) in [6.07, 6.45) is 3.49. The fourth-order valence-corrected chi connectivity index (χ4v) is 4.15. The maximum atomic E-state index is 13.2. The van der Waals surface area contributed by atoms with Crippen molar-refractivity contribution in [3.63, 3.8) is 0 Å². The minimum Gasteiger partial charge on any atom is -0.508 e. The summed E-state index contributed by atoms with van der Waals surface area (Å²) in [5.41, 5.74) is 1.76. The summed E-state index contributed by atoms with van der Waals surface area (Å²) in [6.45, 7) is 4.82. The second-order valence-electron chi connectivity index (χ2n) is 6.49. The van der Waals surface area contributed by atoms with Gasteiger partial charge in [-0.3, -0.25) is 4.57 Å². The van der Waals surface area contributed by atoms with Gasteiger partial charge in [-0.25, -0.2) is 0 Å². The minimum absolute atomic E-state index is 0.000951. The molecule has 0 saturated heterocycles. The highest BCUT2D eigenvalue weighted by Crippen LogP contribution is 2.53. The van der Waals surface area contributed by atoms with Crippen LogP contribution < -0.4 is 0 Å². The highest BCUT2D eigenvalue weighted by molar-refractivity contribution is 7.53. The lowest BCUT2D eigenvalue weighted by Crippen LogP contribution is -2.02. The highest BCUT2D eigenvalue weighted by Gasteiger charge is 2.26. The monoisotopic (exact) mass is 404 g/mol. The van der Waals surface area contributed by atoms with Crippen LogP contribution in [-0.4, -0.2) is 18.3 Å². The third-order valence-corrected chi connectivity index (χ3v) is 5.92. The normalized spacial score (nSPS) is 11.9. The lowest BCUT2D eigenvalue weighted by atomic mass is 10.2. The van der Waals surface area contributed by atoms with E-state index >= 15 is 0 Å². The summed E-state index contributed by atoms with van der Waals surface area (Å²) in [5.74, 6) is 0.0390. The molecule has 6 nitrogen and oxygen atoms in total. The number of phenols is 1. The number of rotatable bonds is 12. The zero-order chi connectivity index (χ0) is 20.2. The summed E-state index contributed by atoms with van der Waals surface area (Å²) in [4.78, 5) is 0. The molecule has 0 fully saturated rings. The van der Waals surface area contributed by atoms with Gasteiger partial charge in [0, 0.05) is 5.56 Å². The Balaban J connectivity index is 2.15. The Bertz CT molecular complexity index is 782. The maximum absolute atomic E-state index is 13.2. The SMILES string of the molecule is CCCCOP(=O)(Cc1cc(N=Nc2ccccc2)ccc1O)OCCCC. The van der Waals surface area contributed by atoms with E-state index in [9.17, 15) is 9.67 Å². The molecule has 1 N–H and O–H groups in total. The van der Waals surface area contributed by atoms with Gasteiger partial charge in [0.1, 0.15) is 5.75 Å². The fraction of sp³-hybridized carbons (Fsp3) is 0.429. The lowest BCUT2D eigenvalue weighted by Gasteiger charge is -2.19. The Morgan fingerprint density at radius 2 is 1.50 bits per heavy atom. The molecule has 0 aromatic heterocycles. The van der Waals surface area contributed by atoms with Crippen molar-refractivity contribution >= 4 is 19.0 Å². The topological polar surface area (TPSA) is 80.5 Å². The van der Waals surface area contributed by atoms with Crippen LogP contribution in [-0.2, 0) is 19.8 Å². The second kappa shape index (κ2) is 11.7. The van der Waals surface area contributed by atoms with E-state index in [1.54, 1.807) is 12.1 Å². The minimum atomic E-state index is -3.36. The molecule has 7 heteroatoms. The number of benzene rings is 2. The number of aromatic hydroxyl groups is 1. The molecule has 0 unspecified atom stereocenters. The Hall–Kier alpha value is -2.01. The summed E-state index contributed by atoms with van der Waals surface area (Å²) in [7, 11) is -3.36. The molecule has 0 aliphatic heterocycles. The van der Waals surface area contributed by atoms with Gasteiger partial charge < -0.3 is 14.2 Å². The van der Waals surface area contributed by atoms with Gasteiger partial charge in [0.15, 0.2) is 0 Å². The predicted molar refractivity (Wildman–Crippen MR) is 112 cm³/mol. The number of azo groups is 1. The average Bonchev–Trinajstić information content (AvgIpc) is 2.70. The zero-order valence-electron chi connectivity index (χ0n) is 16.6. The Morgan fingerprint density at radius 1 is 0.893 bits per heavy atom. The van der Waals surface area contributed by atoms with Gasteiger partial charge in [-0.1, -0.05) is 44.9 Å². The molecule has 0 heterocycles. The molecule has 0 amide bonds. The first-order valence-electron chi connectivity index (χ1n) is 9.73. The Labute approximate surface area is 167 Å². The molecule has 2 aromatic carbocycles. The molecule has 0 radical (unpaired) electrons. The van der Waals surface area contributed by atoms with Crippen molar-refractivity contribution in [3.05, 3.63) is 54.1 Å². The van der Waals surface area contributed by atoms with Gasteiger partial charge in [-0.05, 0) is 43.2 Å². The van der Waals surface area contributed by atoms with Crippen LogP contribution in [0, 0.1) is 0 Å². The number of unbranched alkanes of at least 4 members (excludes halogenated alkanes) is 2. The van der Waals surface area contributed by atoms with Crippen molar-refractivity contribution in [2.45, 2.75) is 45.7 Å². The van der Waals surface area contributed by atoms with Crippen LogP contribution >= 0.6 is 7.60 Å². The number of phenolic OH excluding ortho intramolecular Hbond substituents is 1. The fourth-order valence-electron chi connectivity index (χ4n) is 2.40. The molecular weight excluding hydrogens is 375 g/mol. The summed E-state index contributed by atoms with van der Waals surface area (Å²) >= 11 is 0. The molecule has 28 heavy (non-hydrogen) atoms. The van der Waals surface area contributed by atoms with Gasteiger partial charge in [-0.2, -0.15) is 10.2 Å². The van der Waals surface area contributed by atoms with Crippen LogP contribution in [0.15, 0.2) is 58.8 Å². The van der Waals surface area contributed by atoms with E-state index < -0.39 is 7.60 Å². The molecular formula is C21H29N2O4P. The highest BCUT2D eigenvalue weighted by atomic mass is 31.2. The zero-order valence-corrected chi connectivity index (χ0v) is 17.5. The van der Waals surface area contributed by atoms with E-state index in [4.69, 9.17) is 9.05 Å². The van der Waals surface area contributed by atoms with E-state index in [1.807, 2.05) is 44.2 Å². The third-order valence-electron chi connectivity index (χ3n) is 4.04. The molecule has 2 aromatic rings. The first kappa shape index (κ1) is 22.3. The van der Waals surface area contributed by atoms with Crippen LogP contribution in [0.1, 0.15) is 45.1 Å². The van der Waals surface area contributed by atoms with Gasteiger partial charge in [-0.15, -0.1) is 0 Å². The first-order valence-corrected chi connectivity index (χ1v) is 11.5. The molecule has 0 saturated carbocycles. The molecule has 0 bridgehead atoms. The Morgan fingerprint density at radius 3 is 2.11 bits per heavy atom. The van der Waals surface area contributed by atoms with Gasteiger partial charge in [0.2, 0.25) is 0 Å². The summed E-state index contributed by atoms with van der Waals surface area (Å²) in [6, 6.07) is 14.2. The maximum Gasteiger partial charge on any atom is 0.335 e. The smallest absolute Gasteiger partial charge is 0.335 e. The molecule has 0 aliphatic carbocycles. The largest absolute Gasteiger partial charge is 0.508 e. The van der Waals surface area contributed by atoms with Crippen LogP contribution in [0.4, 0.5) is 11.4 Å². The average molecular weight is 404 g/mol. The molecule has 2 rings (SSSR count). The van der Waals surface area contributed by atoms with E-state index in [2.05, 4.69) is 10.2 Å². The Kier molecular flexibility index (Phi) is 9.35. The van der Waals surface area contributed by atoms with Crippen molar-refractivity contribution in [1.29, 1.82) is 0 Å². The molecule has 0 atom stereocenters. The second-order valence-corrected chi connectivity index (χ2v) is 8.55. The van der Waals surface area contributed by atoms with Gasteiger partial charge in [0.25, 0.3) is 0 Å². The third kappa shape index (κ3) is 7.55. The van der Waals surface area contributed by atoms with Crippen LogP contribution in [0.2, 0.25) is 0 Å². The van der Waals surface area contributed by atoms with Crippen molar-refractivity contribution in [2.75, 3.05) is 13.2 Å². The number of hydrogen-bond acceptors (Lipinski definition) is 6. The van der Waals surface area contributed by atoms with Crippen molar-refractivity contribution in [2.24, 2.45) is 10.2 Å². The number of nitrogens with zero attached hydrogens (tertiary/aromatic N) is 2. The number of hydrogen-bond donors (Lipinski definition) is 1. The first-order chi connectivity index (χ1) is 13.6. The van der Waals surface area contributed by atoms with Crippen molar-refractivity contribution in [3.8, 4) is 5.75 Å². The van der Waals surface area contributed by atoms with E-state index in [1.165, 1.54) is 6.07 Å². The summed E-state index contributed by atoms with van der Waals surface area (Å²) < 4.78 is 24.4. The standard InChI is InChI=1S/C21H29N2O4P/c1-3-5-14-26-28(25,27-15-6-4-2)17-18-16-20(12-13-21(18)24)23-22-19-10-8-7-9-11-19/h7-13,16,24H,3-6,14-15,17H2,1-2H3. The van der Waals surface area contributed by atoms with Crippen LogP contribution in [0.3, 0.4) is 0 Å². The van der Waals surface area contributed by atoms with Crippen molar-refractivity contribution in [1.82, 2.24) is 0 Å².